The fourth-order valence-electron chi connectivity index (χ4n) is 5.59. The number of hydrogen-bond acceptors (Lipinski definition) is 4. The van der Waals surface area contributed by atoms with Crippen molar-refractivity contribution in [1.82, 2.24) is 10.2 Å². The summed E-state index contributed by atoms with van der Waals surface area (Å²) in [6.45, 7) is 9.13. The molecule has 0 aliphatic heterocycles. The standard InChI is InChI=1S/C34H43N3O4S/c1-24-14-17-31(18-15-24)42(40,41)37(32-19-16-26(3)20-27(32)4)23-33(38)36(22-29-11-9-10-25(2)21-29)28(5)34(39)35-30-12-7-6-8-13-30/h9-11,14-21,28,30H,6-8,12-13,22-23H2,1-5H3,(H,35,39). The molecule has 1 unspecified atom stereocenters. The van der Waals surface area contributed by atoms with E-state index < -0.39 is 28.5 Å². The quantitative estimate of drug-likeness (QED) is 0.315. The first-order valence-corrected chi connectivity index (χ1v) is 16.2. The van der Waals surface area contributed by atoms with Crippen molar-refractivity contribution < 1.29 is 18.0 Å². The van der Waals surface area contributed by atoms with Crippen LogP contribution in [-0.4, -0.2) is 43.8 Å². The Balaban J connectivity index is 1.70. The summed E-state index contributed by atoms with van der Waals surface area (Å²) in [6, 6.07) is 19.2. The van der Waals surface area contributed by atoms with E-state index in [0.717, 1.165) is 53.5 Å². The summed E-state index contributed by atoms with van der Waals surface area (Å²) >= 11 is 0. The summed E-state index contributed by atoms with van der Waals surface area (Å²) in [5, 5.41) is 3.15. The summed E-state index contributed by atoms with van der Waals surface area (Å²) in [7, 11) is -4.10. The van der Waals surface area contributed by atoms with Gasteiger partial charge in [0, 0.05) is 12.6 Å². The van der Waals surface area contributed by atoms with Gasteiger partial charge in [-0.15, -0.1) is 0 Å². The van der Waals surface area contributed by atoms with Crippen LogP contribution >= 0.6 is 0 Å². The van der Waals surface area contributed by atoms with Crippen molar-refractivity contribution in [2.24, 2.45) is 0 Å². The van der Waals surface area contributed by atoms with Crippen molar-refractivity contribution in [1.29, 1.82) is 0 Å². The van der Waals surface area contributed by atoms with Gasteiger partial charge >= 0.3 is 0 Å². The summed E-state index contributed by atoms with van der Waals surface area (Å²) in [6.07, 6.45) is 5.18. The molecular weight excluding hydrogens is 546 g/mol. The summed E-state index contributed by atoms with van der Waals surface area (Å²) in [5.41, 5.74) is 5.02. The number of aryl methyl sites for hydroxylation is 4. The molecule has 1 saturated carbocycles. The van der Waals surface area contributed by atoms with Crippen LogP contribution < -0.4 is 9.62 Å². The maximum atomic E-state index is 14.2. The number of amides is 2. The van der Waals surface area contributed by atoms with Crippen LogP contribution in [0.3, 0.4) is 0 Å². The number of hydrogen-bond donors (Lipinski definition) is 1. The molecule has 4 rings (SSSR count). The molecule has 1 aliphatic rings. The monoisotopic (exact) mass is 589 g/mol. The summed E-state index contributed by atoms with van der Waals surface area (Å²) < 4.78 is 29.4. The maximum absolute atomic E-state index is 14.2. The second-order valence-corrected chi connectivity index (χ2v) is 13.5. The largest absolute Gasteiger partial charge is 0.352 e. The van der Waals surface area contributed by atoms with Gasteiger partial charge in [0.05, 0.1) is 10.6 Å². The van der Waals surface area contributed by atoms with Crippen molar-refractivity contribution in [2.75, 3.05) is 10.8 Å². The van der Waals surface area contributed by atoms with Crippen molar-refractivity contribution in [3.8, 4) is 0 Å². The molecule has 3 aromatic carbocycles. The molecule has 0 aromatic heterocycles. The molecule has 0 spiro atoms. The lowest BCUT2D eigenvalue weighted by atomic mass is 9.95. The van der Waals surface area contributed by atoms with Gasteiger partial charge in [-0.3, -0.25) is 13.9 Å². The van der Waals surface area contributed by atoms with Gasteiger partial charge in [0.25, 0.3) is 10.0 Å². The fourth-order valence-corrected chi connectivity index (χ4v) is 7.07. The highest BCUT2D eigenvalue weighted by Gasteiger charge is 2.33. The second kappa shape index (κ2) is 13.6. The van der Waals surface area contributed by atoms with Crippen molar-refractivity contribution in [3.05, 3.63) is 94.5 Å². The molecule has 224 valence electrons. The first kappa shape index (κ1) is 31.3. The average Bonchev–Trinajstić information content (AvgIpc) is 2.95. The predicted molar refractivity (Wildman–Crippen MR) is 168 cm³/mol. The number of carbonyl (C=O) groups is 2. The van der Waals surface area contributed by atoms with E-state index in [0.29, 0.717) is 5.69 Å². The minimum atomic E-state index is -4.10. The Bertz CT molecular complexity index is 1510. The van der Waals surface area contributed by atoms with Crippen molar-refractivity contribution in [3.63, 3.8) is 0 Å². The molecule has 1 N–H and O–H groups in total. The highest BCUT2D eigenvalue weighted by Crippen LogP contribution is 2.28. The first-order chi connectivity index (χ1) is 20.0. The fraction of sp³-hybridized carbons (Fsp3) is 0.412. The Hall–Kier alpha value is -3.65. The molecule has 2 amide bonds. The van der Waals surface area contributed by atoms with Crippen molar-refractivity contribution in [2.45, 2.75) is 90.2 Å². The van der Waals surface area contributed by atoms with Crippen LogP contribution in [0.5, 0.6) is 0 Å². The molecule has 1 fully saturated rings. The van der Waals surface area contributed by atoms with Crippen LogP contribution in [-0.2, 0) is 26.2 Å². The van der Waals surface area contributed by atoms with Gasteiger partial charge in [0.15, 0.2) is 0 Å². The predicted octanol–water partition coefficient (Wildman–Crippen LogP) is 5.98. The lowest BCUT2D eigenvalue weighted by molar-refractivity contribution is -0.139. The second-order valence-electron chi connectivity index (χ2n) is 11.6. The van der Waals surface area contributed by atoms with Crippen LogP contribution in [0, 0.1) is 27.7 Å². The van der Waals surface area contributed by atoms with Gasteiger partial charge in [-0.2, -0.15) is 0 Å². The normalized spacial score (nSPS) is 14.7. The van der Waals surface area contributed by atoms with E-state index in [2.05, 4.69) is 5.32 Å². The Kier molecular flexibility index (Phi) is 10.1. The molecule has 0 bridgehead atoms. The number of nitrogens with zero attached hydrogens (tertiary/aromatic N) is 2. The molecule has 0 saturated heterocycles. The molecule has 0 radical (unpaired) electrons. The van der Waals surface area contributed by atoms with Crippen LogP contribution in [0.15, 0.2) is 71.6 Å². The number of nitrogens with one attached hydrogen (secondary N) is 1. The molecule has 0 heterocycles. The molecule has 42 heavy (non-hydrogen) atoms. The number of rotatable bonds is 10. The Morgan fingerprint density at radius 3 is 2.14 bits per heavy atom. The van der Waals surface area contributed by atoms with Crippen LogP contribution in [0.2, 0.25) is 0 Å². The Morgan fingerprint density at radius 2 is 1.50 bits per heavy atom. The SMILES string of the molecule is Cc1ccc(S(=O)(=O)N(CC(=O)N(Cc2cccc(C)c2)C(C)C(=O)NC2CCCCC2)c2ccc(C)cc2C)cc1. The van der Waals surface area contributed by atoms with Gasteiger partial charge in [-0.05, 0) is 76.8 Å². The lowest BCUT2D eigenvalue weighted by Gasteiger charge is -2.33. The molecule has 8 heteroatoms. The number of carbonyl (C=O) groups excluding carboxylic acids is 2. The number of sulfonamides is 1. The number of anilines is 1. The molecule has 7 nitrogen and oxygen atoms in total. The molecule has 3 aromatic rings. The number of benzene rings is 3. The third-order valence-electron chi connectivity index (χ3n) is 8.06. The van der Waals surface area contributed by atoms with Gasteiger partial charge < -0.3 is 10.2 Å². The van der Waals surface area contributed by atoms with Crippen LogP contribution in [0.25, 0.3) is 0 Å². The highest BCUT2D eigenvalue weighted by molar-refractivity contribution is 7.92. The van der Waals surface area contributed by atoms with E-state index in [1.54, 1.807) is 37.3 Å². The highest BCUT2D eigenvalue weighted by atomic mass is 32.2. The van der Waals surface area contributed by atoms with E-state index >= 15 is 0 Å². The minimum Gasteiger partial charge on any atom is -0.352 e. The smallest absolute Gasteiger partial charge is 0.264 e. The third-order valence-corrected chi connectivity index (χ3v) is 9.84. The minimum absolute atomic E-state index is 0.0956. The van der Waals surface area contributed by atoms with Crippen LogP contribution in [0.4, 0.5) is 5.69 Å². The van der Waals surface area contributed by atoms with E-state index in [9.17, 15) is 18.0 Å². The van der Waals surface area contributed by atoms with Crippen molar-refractivity contribution >= 4 is 27.5 Å². The lowest BCUT2D eigenvalue weighted by Crippen LogP contribution is -2.53. The van der Waals surface area contributed by atoms with E-state index in [1.165, 1.54) is 15.6 Å². The van der Waals surface area contributed by atoms with Gasteiger partial charge in [0.2, 0.25) is 11.8 Å². The van der Waals surface area contributed by atoms with E-state index in [1.807, 2.05) is 64.1 Å². The average molecular weight is 590 g/mol. The topological polar surface area (TPSA) is 86.8 Å². The van der Waals surface area contributed by atoms with Gasteiger partial charge in [-0.1, -0.05) is 84.5 Å². The maximum Gasteiger partial charge on any atom is 0.264 e. The first-order valence-electron chi connectivity index (χ1n) is 14.8. The summed E-state index contributed by atoms with van der Waals surface area (Å²) in [5.74, 6) is -0.666. The third kappa shape index (κ3) is 7.59. The Labute approximate surface area is 251 Å². The van der Waals surface area contributed by atoms with Crippen LogP contribution in [0.1, 0.15) is 66.8 Å². The molecule has 1 atom stereocenters. The zero-order chi connectivity index (χ0) is 30.4. The van der Waals surface area contributed by atoms with E-state index in [4.69, 9.17) is 0 Å². The molecule has 1 aliphatic carbocycles. The van der Waals surface area contributed by atoms with Gasteiger partial charge in [-0.25, -0.2) is 8.42 Å². The zero-order valence-corrected chi connectivity index (χ0v) is 26.2. The zero-order valence-electron chi connectivity index (χ0n) is 25.4. The molecular formula is C34H43N3O4S. The Morgan fingerprint density at radius 1 is 0.857 bits per heavy atom. The summed E-state index contributed by atoms with van der Waals surface area (Å²) in [4.78, 5) is 29.3. The van der Waals surface area contributed by atoms with Gasteiger partial charge in [0.1, 0.15) is 12.6 Å². The van der Waals surface area contributed by atoms with E-state index in [-0.39, 0.29) is 23.4 Å².